The lowest BCUT2D eigenvalue weighted by Crippen LogP contribution is -2.18. The minimum atomic E-state index is 0.00921. The van der Waals surface area contributed by atoms with Gasteiger partial charge in [0.2, 0.25) is 0 Å². The maximum atomic E-state index is 9.42. The molecule has 0 aromatic carbocycles. The summed E-state index contributed by atoms with van der Waals surface area (Å²) in [7, 11) is 0. The minimum Gasteiger partial charge on any atom is -0.348 e. The van der Waals surface area contributed by atoms with Crippen molar-refractivity contribution in [2.45, 2.75) is 20.0 Å². The second kappa shape index (κ2) is 4.55. The van der Waals surface area contributed by atoms with Gasteiger partial charge in [0.15, 0.2) is 0 Å². The Bertz CT molecular complexity index is 64.3. The zero-order valence-corrected chi connectivity index (χ0v) is 4.88. The summed E-state index contributed by atoms with van der Waals surface area (Å²) in [6.07, 6.45) is 0.00921. The van der Waals surface area contributed by atoms with Crippen molar-refractivity contribution in [1.82, 2.24) is 5.64 Å². The molecule has 0 amide bonds. The standard InChI is InChI=1S/C4H9NO3/c1-4(2)8-5-7-3-6/h3-5H,1-2H3. The van der Waals surface area contributed by atoms with Gasteiger partial charge in [0.05, 0.1) is 6.10 Å². The fourth-order valence-corrected chi connectivity index (χ4v) is 0.144. The molecule has 0 aromatic rings. The van der Waals surface area contributed by atoms with Gasteiger partial charge in [-0.15, -0.1) is 0 Å². The van der Waals surface area contributed by atoms with E-state index in [0.717, 1.165) is 0 Å². The predicted molar refractivity (Wildman–Crippen MR) is 26.5 cm³/mol. The normalized spacial score (nSPS) is 9.38. The van der Waals surface area contributed by atoms with Crippen LogP contribution in [-0.4, -0.2) is 12.6 Å². The highest BCUT2D eigenvalue weighted by Crippen LogP contribution is 1.79. The molecule has 0 bridgehead atoms. The third-order valence-corrected chi connectivity index (χ3v) is 0.380. The van der Waals surface area contributed by atoms with Crippen LogP contribution in [0.2, 0.25) is 0 Å². The molecule has 0 aliphatic rings. The molecule has 0 heterocycles. The minimum absolute atomic E-state index is 0.00921. The molecular weight excluding hydrogens is 110 g/mol. The molecule has 0 unspecified atom stereocenters. The summed E-state index contributed by atoms with van der Waals surface area (Å²) in [6, 6.07) is 0. The van der Waals surface area contributed by atoms with E-state index in [1.807, 2.05) is 5.64 Å². The summed E-state index contributed by atoms with van der Waals surface area (Å²) in [5.41, 5.74) is 1.97. The van der Waals surface area contributed by atoms with Gasteiger partial charge < -0.3 is 4.84 Å². The van der Waals surface area contributed by atoms with Crippen LogP contribution in [0.4, 0.5) is 0 Å². The predicted octanol–water partition coefficient (Wildman–Crippen LogP) is 0.00400. The van der Waals surface area contributed by atoms with E-state index < -0.39 is 0 Å². The molecule has 0 saturated carbocycles. The zero-order chi connectivity index (χ0) is 6.41. The van der Waals surface area contributed by atoms with Crippen molar-refractivity contribution in [1.29, 1.82) is 0 Å². The van der Waals surface area contributed by atoms with E-state index in [-0.39, 0.29) is 12.6 Å². The van der Waals surface area contributed by atoms with E-state index in [9.17, 15) is 4.79 Å². The molecule has 0 aromatic heterocycles. The summed E-state index contributed by atoms with van der Waals surface area (Å²) in [5, 5.41) is 0. The van der Waals surface area contributed by atoms with E-state index in [4.69, 9.17) is 0 Å². The smallest absolute Gasteiger partial charge is 0.315 e. The highest BCUT2D eigenvalue weighted by Gasteiger charge is 1.88. The van der Waals surface area contributed by atoms with E-state index in [0.29, 0.717) is 0 Å². The Morgan fingerprint density at radius 2 is 2.25 bits per heavy atom. The molecule has 0 atom stereocenters. The van der Waals surface area contributed by atoms with Crippen LogP contribution in [0.15, 0.2) is 0 Å². The van der Waals surface area contributed by atoms with Crippen LogP contribution >= 0.6 is 0 Å². The first-order valence-corrected chi connectivity index (χ1v) is 2.27. The quantitative estimate of drug-likeness (QED) is 0.321. The molecule has 8 heavy (non-hydrogen) atoms. The topological polar surface area (TPSA) is 47.6 Å². The molecule has 4 heteroatoms. The van der Waals surface area contributed by atoms with Gasteiger partial charge in [-0.2, -0.15) is 0 Å². The summed E-state index contributed by atoms with van der Waals surface area (Å²) in [5.74, 6) is 0. The van der Waals surface area contributed by atoms with Crippen LogP contribution < -0.4 is 5.64 Å². The van der Waals surface area contributed by atoms with Crippen LogP contribution in [-0.2, 0) is 14.5 Å². The number of hydrogen-bond acceptors (Lipinski definition) is 4. The number of carbonyl (C=O) groups is 1. The number of carbonyl (C=O) groups excluding carboxylic acids is 1. The lowest BCUT2D eigenvalue weighted by molar-refractivity contribution is -0.188. The van der Waals surface area contributed by atoms with E-state index >= 15 is 0 Å². The van der Waals surface area contributed by atoms with E-state index in [1.54, 1.807) is 13.8 Å². The Hall–Kier alpha value is -0.610. The van der Waals surface area contributed by atoms with Crippen molar-refractivity contribution in [2.75, 3.05) is 0 Å². The first-order chi connectivity index (χ1) is 3.77. The molecule has 0 saturated heterocycles. The van der Waals surface area contributed by atoms with Gasteiger partial charge in [-0.1, -0.05) is 0 Å². The van der Waals surface area contributed by atoms with Crippen molar-refractivity contribution < 1.29 is 14.5 Å². The highest BCUT2D eigenvalue weighted by atomic mass is 16.9. The molecule has 4 nitrogen and oxygen atoms in total. The van der Waals surface area contributed by atoms with Gasteiger partial charge in [-0.3, -0.25) is 9.63 Å². The molecule has 1 N–H and O–H groups in total. The number of rotatable bonds is 4. The van der Waals surface area contributed by atoms with E-state index in [1.165, 1.54) is 0 Å². The van der Waals surface area contributed by atoms with Crippen LogP contribution in [0.5, 0.6) is 0 Å². The average Bonchev–Trinajstić information content (AvgIpc) is 1.66. The van der Waals surface area contributed by atoms with Crippen molar-refractivity contribution in [3.63, 3.8) is 0 Å². The Labute approximate surface area is 47.7 Å². The summed E-state index contributed by atoms with van der Waals surface area (Å²) in [6.45, 7) is 3.87. The largest absolute Gasteiger partial charge is 0.348 e. The molecule has 0 fully saturated rings. The van der Waals surface area contributed by atoms with Crippen molar-refractivity contribution in [3.05, 3.63) is 0 Å². The van der Waals surface area contributed by atoms with Crippen LogP contribution in [0, 0.1) is 0 Å². The monoisotopic (exact) mass is 119 g/mol. The van der Waals surface area contributed by atoms with Gasteiger partial charge >= 0.3 is 6.47 Å². The van der Waals surface area contributed by atoms with Gasteiger partial charge in [-0.25, -0.2) is 0 Å². The van der Waals surface area contributed by atoms with Gasteiger partial charge in [0.25, 0.3) is 0 Å². The van der Waals surface area contributed by atoms with Crippen molar-refractivity contribution >= 4 is 6.47 Å². The molecule has 0 spiro atoms. The SMILES string of the molecule is CC(C)ONOC=O. The Kier molecular flexibility index (Phi) is 4.20. The van der Waals surface area contributed by atoms with E-state index in [2.05, 4.69) is 9.68 Å². The van der Waals surface area contributed by atoms with Crippen molar-refractivity contribution in [2.24, 2.45) is 0 Å². The lowest BCUT2D eigenvalue weighted by Gasteiger charge is -2.03. The fourth-order valence-electron chi connectivity index (χ4n) is 0.144. The molecule has 0 rings (SSSR count). The summed E-state index contributed by atoms with van der Waals surface area (Å²) in [4.78, 5) is 18.0. The zero-order valence-electron chi connectivity index (χ0n) is 4.88. The molecule has 0 radical (unpaired) electrons. The number of nitrogens with one attached hydrogen (secondary N) is 1. The first-order valence-electron chi connectivity index (χ1n) is 2.27. The maximum Gasteiger partial charge on any atom is 0.315 e. The summed E-state index contributed by atoms with van der Waals surface area (Å²) < 4.78 is 0. The fraction of sp³-hybridized carbons (Fsp3) is 0.750. The van der Waals surface area contributed by atoms with Gasteiger partial charge in [-0.05, 0) is 19.5 Å². The average molecular weight is 119 g/mol. The third-order valence-electron chi connectivity index (χ3n) is 0.380. The van der Waals surface area contributed by atoms with Crippen LogP contribution in [0.1, 0.15) is 13.8 Å². The lowest BCUT2D eigenvalue weighted by atomic mass is 10.5. The Morgan fingerprint density at radius 1 is 1.62 bits per heavy atom. The molecule has 48 valence electrons. The maximum absolute atomic E-state index is 9.42. The highest BCUT2D eigenvalue weighted by molar-refractivity contribution is 5.36. The molecule has 0 aliphatic heterocycles. The second-order valence-corrected chi connectivity index (χ2v) is 1.46. The molecular formula is C4H9NO3. The Morgan fingerprint density at radius 3 is 2.62 bits per heavy atom. The van der Waals surface area contributed by atoms with Gasteiger partial charge in [0, 0.05) is 0 Å². The second-order valence-electron chi connectivity index (χ2n) is 1.46. The Balaban J connectivity index is 2.81. The van der Waals surface area contributed by atoms with Crippen LogP contribution in [0.25, 0.3) is 0 Å². The van der Waals surface area contributed by atoms with Gasteiger partial charge in [0.1, 0.15) is 0 Å². The third kappa shape index (κ3) is 5.39. The van der Waals surface area contributed by atoms with Crippen molar-refractivity contribution in [3.8, 4) is 0 Å². The number of hydrogen-bond donors (Lipinski definition) is 1. The van der Waals surface area contributed by atoms with Crippen LogP contribution in [0.3, 0.4) is 0 Å². The summed E-state index contributed by atoms with van der Waals surface area (Å²) >= 11 is 0. The molecule has 0 aliphatic carbocycles. The first kappa shape index (κ1) is 7.39.